The van der Waals surface area contributed by atoms with Gasteiger partial charge in [0.1, 0.15) is 5.52 Å². The van der Waals surface area contributed by atoms with Gasteiger partial charge in [-0.2, -0.15) is 9.97 Å². The molecular weight excluding hydrogens is 271 g/mol. The van der Waals surface area contributed by atoms with E-state index in [1.807, 2.05) is 0 Å². The van der Waals surface area contributed by atoms with Gasteiger partial charge in [0.15, 0.2) is 11.5 Å². The maximum absolute atomic E-state index is 10.6. The van der Waals surface area contributed by atoms with Crippen LogP contribution in [0.5, 0.6) is 0 Å². The zero-order valence-corrected chi connectivity index (χ0v) is 10.7. The summed E-state index contributed by atoms with van der Waals surface area (Å²) in [5.74, 6) is 1.12. The lowest BCUT2D eigenvalue weighted by atomic mass is 10.4. The molecule has 6 N–H and O–H groups in total. The molecule has 0 aromatic carbocycles. The van der Waals surface area contributed by atoms with Crippen molar-refractivity contribution in [2.75, 3.05) is 11.5 Å². The van der Waals surface area contributed by atoms with Crippen LogP contribution in [0.15, 0.2) is 18.2 Å². The van der Waals surface area contributed by atoms with Crippen molar-refractivity contribution in [3.05, 3.63) is 18.2 Å². The molecule has 0 aliphatic rings. The molecule has 102 valence electrons. The Morgan fingerprint density at radius 2 is 2.11 bits per heavy atom. The van der Waals surface area contributed by atoms with E-state index in [9.17, 15) is 4.57 Å². The Hall–Kier alpha value is -1.96. The van der Waals surface area contributed by atoms with E-state index in [0.29, 0.717) is 24.1 Å². The average Bonchev–Trinajstić information content (AvgIpc) is 2.66. The standard InChI is InChI=1S/C9H13N6O3P/c10-7-6-8(14-9(11)13-7)15(5-12-6)3-1-2-4-19(16,17)18/h2,4-5H,1,3H2,(H2,16,17,18)(H4,10,11,13,14)/b4-2+. The Morgan fingerprint density at radius 3 is 2.79 bits per heavy atom. The molecule has 0 saturated heterocycles. The van der Waals surface area contributed by atoms with E-state index in [2.05, 4.69) is 15.0 Å². The number of nitrogens with two attached hydrogens (primary N) is 2. The second-order valence-electron chi connectivity index (χ2n) is 3.84. The number of nitrogens with zero attached hydrogens (tertiary/aromatic N) is 4. The third-order valence-corrected chi connectivity index (χ3v) is 2.94. The van der Waals surface area contributed by atoms with Gasteiger partial charge >= 0.3 is 7.60 Å². The van der Waals surface area contributed by atoms with Crippen LogP contribution < -0.4 is 11.5 Å². The molecule has 10 heteroatoms. The van der Waals surface area contributed by atoms with Gasteiger partial charge < -0.3 is 25.8 Å². The van der Waals surface area contributed by atoms with Gasteiger partial charge in [-0.1, -0.05) is 6.08 Å². The van der Waals surface area contributed by atoms with Gasteiger partial charge in [-0.05, 0) is 6.42 Å². The summed E-state index contributed by atoms with van der Waals surface area (Å²) in [6, 6.07) is 0. The van der Waals surface area contributed by atoms with Crippen LogP contribution >= 0.6 is 7.60 Å². The molecule has 0 unspecified atom stereocenters. The minimum Gasteiger partial charge on any atom is -0.382 e. The van der Waals surface area contributed by atoms with Crippen LogP contribution in [0.2, 0.25) is 0 Å². The summed E-state index contributed by atoms with van der Waals surface area (Å²) in [6.07, 6.45) is 3.35. The SMILES string of the molecule is Nc1nc(N)c2ncn(CC/C=C/P(=O)(O)O)c2n1. The molecule has 0 amide bonds. The first-order valence-corrected chi connectivity index (χ1v) is 7.02. The predicted molar refractivity (Wildman–Crippen MR) is 69.9 cm³/mol. The number of anilines is 2. The molecule has 0 aliphatic heterocycles. The highest BCUT2D eigenvalue weighted by molar-refractivity contribution is 7.55. The quantitative estimate of drug-likeness (QED) is 0.575. The van der Waals surface area contributed by atoms with Gasteiger partial charge in [-0.25, -0.2) is 4.98 Å². The van der Waals surface area contributed by atoms with Crippen molar-refractivity contribution in [1.29, 1.82) is 0 Å². The molecule has 2 aromatic heterocycles. The molecule has 19 heavy (non-hydrogen) atoms. The molecular formula is C9H13N6O3P. The molecule has 0 spiro atoms. The van der Waals surface area contributed by atoms with Crippen molar-refractivity contribution < 1.29 is 14.4 Å². The monoisotopic (exact) mass is 284 g/mol. The fourth-order valence-electron chi connectivity index (χ4n) is 1.57. The number of rotatable bonds is 4. The number of hydrogen-bond acceptors (Lipinski definition) is 6. The molecule has 2 heterocycles. The highest BCUT2D eigenvalue weighted by atomic mass is 31.2. The van der Waals surface area contributed by atoms with Gasteiger partial charge in [0.05, 0.1) is 6.33 Å². The summed E-state index contributed by atoms with van der Waals surface area (Å²) in [4.78, 5) is 29.2. The lowest BCUT2D eigenvalue weighted by Crippen LogP contribution is -2.03. The minimum atomic E-state index is -4.11. The third-order valence-electron chi connectivity index (χ3n) is 2.34. The Morgan fingerprint density at radius 1 is 1.37 bits per heavy atom. The van der Waals surface area contributed by atoms with E-state index in [1.54, 1.807) is 4.57 Å². The van der Waals surface area contributed by atoms with Crippen LogP contribution in [0, 0.1) is 0 Å². The molecule has 9 nitrogen and oxygen atoms in total. The Labute approximate surface area is 108 Å². The highest BCUT2D eigenvalue weighted by Gasteiger charge is 2.09. The molecule has 0 saturated carbocycles. The number of aromatic nitrogens is 4. The zero-order chi connectivity index (χ0) is 14.0. The summed E-state index contributed by atoms with van der Waals surface area (Å²) in [7, 11) is -4.11. The number of aryl methyl sites for hydroxylation is 1. The van der Waals surface area contributed by atoms with Crippen LogP contribution in [0.1, 0.15) is 6.42 Å². The van der Waals surface area contributed by atoms with Crippen LogP contribution in [-0.4, -0.2) is 29.3 Å². The maximum Gasteiger partial charge on any atom is 0.348 e. The van der Waals surface area contributed by atoms with E-state index >= 15 is 0 Å². The Bertz CT molecular complexity index is 676. The summed E-state index contributed by atoms with van der Waals surface area (Å²) in [5, 5.41) is 0. The molecule has 0 atom stereocenters. The van der Waals surface area contributed by atoms with E-state index < -0.39 is 7.60 Å². The first kappa shape index (κ1) is 13.5. The Kier molecular flexibility index (Phi) is 3.52. The van der Waals surface area contributed by atoms with Crippen molar-refractivity contribution in [2.45, 2.75) is 13.0 Å². The van der Waals surface area contributed by atoms with E-state index in [4.69, 9.17) is 21.3 Å². The van der Waals surface area contributed by atoms with E-state index in [0.717, 1.165) is 5.82 Å². The summed E-state index contributed by atoms with van der Waals surface area (Å²) < 4.78 is 12.3. The smallest absolute Gasteiger partial charge is 0.348 e. The van der Waals surface area contributed by atoms with Crippen molar-refractivity contribution >= 4 is 30.5 Å². The molecule has 0 fully saturated rings. The van der Waals surface area contributed by atoms with Crippen molar-refractivity contribution in [1.82, 2.24) is 19.5 Å². The summed E-state index contributed by atoms with van der Waals surface area (Å²) >= 11 is 0. The Balaban J connectivity index is 2.18. The summed E-state index contributed by atoms with van der Waals surface area (Å²) in [5.41, 5.74) is 12.1. The minimum absolute atomic E-state index is 0.0532. The number of nitrogen functional groups attached to an aromatic ring is 2. The second-order valence-corrected chi connectivity index (χ2v) is 5.32. The van der Waals surface area contributed by atoms with Gasteiger partial charge in [-0.15, -0.1) is 0 Å². The van der Waals surface area contributed by atoms with E-state index in [1.165, 1.54) is 12.4 Å². The van der Waals surface area contributed by atoms with E-state index in [-0.39, 0.29) is 11.8 Å². The molecule has 2 aromatic rings. The third kappa shape index (κ3) is 3.28. The van der Waals surface area contributed by atoms with Gasteiger partial charge in [0.2, 0.25) is 5.95 Å². The van der Waals surface area contributed by atoms with Crippen LogP contribution in [-0.2, 0) is 11.1 Å². The fraction of sp³-hybridized carbons (Fsp3) is 0.222. The molecule has 0 aliphatic carbocycles. The van der Waals surface area contributed by atoms with Crippen molar-refractivity contribution in [3.8, 4) is 0 Å². The topological polar surface area (TPSA) is 153 Å². The zero-order valence-electron chi connectivity index (χ0n) is 9.84. The first-order valence-electron chi connectivity index (χ1n) is 5.33. The van der Waals surface area contributed by atoms with Crippen molar-refractivity contribution in [3.63, 3.8) is 0 Å². The second kappa shape index (κ2) is 4.96. The van der Waals surface area contributed by atoms with Crippen LogP contribution in [0.25, 0.3) is 11.2 Å². The van der Waals surface area contributed by atoms with Gasteiger partial charge in [0, 0.05) is 12.4 Å². The van der Waals surface area contributed by atoms with Crippen molar-refractivity contribution in [2.24, 2.45) is 0 Å². The number of fused-ring (bicyclic) bond motifs is 1. The highest BCUT2D eigenvalue weighted by Crippen LogP contribution is 2.36. The van der Waals surface area contributed by atoms with Crippen LogP contribution in [0.4, 0.5) is 11.8 Å². The lowest BCUT2D eigenvalue weighted by Gasteiger charge is -2.02. The number of allylic oxidation sites excluding steroid dienone is 1. The van der Waals surface area contributed by atoms with Gasteiger partial charge in [0.25, 0.3) is 0 Å². The van der Waals surface area contributed by atoms with Crippen LogP contribution in [0.3, 0.4) is 0 Å². The maximum atomic E-state index is 10.6. The van der Waals surface area contributed by atoms with Gasteiger partial charge in [-0.3, -0.25) is 4.57 Å². The number of imidazole rings is 1. The largest absolute Gasteiger partial charge is 0.382 e. The fourth-order valence-corrected chi connectivity index (χ4v) is 2.00. The first-order chi connectivity index (χ1) is 8.87. The average molecular weight is 284 g/mol. The molecule has 0 bridgehead atoms. The molecule has 0 radical (unpaired) electrons. The predicted octanol–water partition coefficient (Wildman–Crippen LogP) is 0.0722. The number of hydrogen-bond donors (Lipinski definition) is 4. The summed E-state index contributed by atoms with van der Waals surface area (Å²) in [6.45, 7) is 0.447. The lowest BCUT2D eigenvalue weighted by molar-refractivity contribution is 0.386. The molecule has 2 rings (SSSR count). The normalized spacial score (nSPS) is 12.5.